The maximum atomic E-state index is 10.1. The summed E-state index contributed by atoms with van der Waals surface area (Å²) in [6, 6.07) is 0. The number of carbonyl (C=O) groups excluding carboxylic acids is 1. The molecule has 0 saturated heterocycles. The summed E-state index contributed by atoms with van der Waals surface area (Å²) in [6.45, 7) is 0. The van der Waals surface area contributed by atoms with Gasteiger partial charge < -0.3 is 5.73 Å². The highest BCUT2D eigenvalue weighted by molar-refractivity contribution is 5.86. The lowest BCUT2D eigenvalue weighted by atomic mass is 10.3. The molecule has 0 aromatic rings. The molecule has 1 rings (SSSR count). The molecular weight excluding hydrogens is 92.1 g/mol. The van der Waals surface area contributed by atoms with Crippen molar-refractivity contribution >= 4 is 5.91 Å². The van der Waals surface area contributed by atoms with Gasteiger partial charge in [0.2, 0.25) is 0 Å². The van der Waals surface area contributed by atoms with Crippen molar-refractivity contribution in [1.82, 2.24) is 5.73 Å². The Bertz CT molecular complexity index is 106. The van der Waals surface area contributed by atoms with Gasteiger partial charge >= 0.3 is 0 Å². The van der Waals surface area contributed by atoms with E-state index in [0.29, 0.717) is 12.8 Å². The number of rotatable bonds is 1. The van der Waals surface area contributed by atoms with E-state index in [1.165, 1.54) is 0 Å². The van der Waals surface area contributed by atoms with Crippen LogP contribution in [0, 0.1) is 0 Å². The quantitative estimate of drug-likeness (QED) is 0.471. The van der Waals surface area contributed by atoms with E-state index >= 15 is 0 Å². The molecule has 1 amide bonds. The van der Waals surface area contributed by atoms with Crippen LogP contribution in [0.4, 0.5) is 0 Å². The maximum absolute atomic E-state index is 10.1. The summed E-state index contributed by atoms with van der Waals surface area (Å²) in [7, 11) is 0. The van der Waals surface area contributed by atoms with Crippen molar-refractivity contribution in [2.75, 3.05) is 0 Å². The normalized spacial score (nSPS) is 24.1. The van der Waals surface area contributed by atoms with Gasteiger partial charge in [-0.2, -0.15) is 0 Å². The van der Waals surface area contributed by atoms with Gasteiger partial charge in [0, 0.05) is 0 Å². The van der Waals surface area contributed by atoms with Gasteiger partial charge in [-0.3, -0.25) is 10.5 Å². The molecular formula is C4H7N2O. The molecule has 0 unspecified atom stereocenters. The third-order valence-corrected chi connectivity index (χ3v) is 1.24. The third-order valence-electron chi connectivity index (χ3n) is 1.24. The van der Waals surface area contributed by atoms with Crippen LogP contribution in [0.5, 0.6) is 0 Å². The van der Waals surface area contributed by atoms with Gasteiger partial charge in [-0.1, -0.05) is 0 Å². The summed E-state index contributed by atoms with van der Waals surface area (Å²) in [4.78, 5) is 10.1. The Hall–Kier alpha value is -0.570. The Morgan fingerprint density at radius 3 is 2.14 bits per heavy atom. The molecule has 1 radical (unpaired) electrons. The lowest BCUT2D eigenvalue weighted by Crippen LogP contribution is -2.33. The van der Waals surface area contributed by atoms with Gasteiger partial charge in [0.05, 0.1) is 5.54 Å². The fraction of sp³-hybridized carbons (Fsp3) is 0.750. The average molecular weight is 99.1 g/mol. The number of hydrogen-bond acceptors (Lipinski definition) is 2. The lowest BCUT2D eigenvalue weighted by molar-refractivity contribution is -0.120. The molecule has 3 nitrogen and oxygen atoms in total. The van der Waals surface area contributed by atoms with E-state index in [1.54, 1.807) is 0 Å². The van der Waals surface area contributed by atoms with Crippen molar-refractivity contribution in [1.29, 1.82) is 0 Å². The Kier molecular flexibility index (Phi) is 0.642. The van der Waals surface area contributed by atoms with E-state index < -0.39 is 11.4 Å². The molecule has 0 aromatic carbocycles. The Morgan fingerprint density at radius 2 is 2.14 bits per heavy atom. The first-order valence-corrected chi connectivity index (χ1v) is 2.20. The minimum atomic E-state index is -0.722. The predicted octanol–water partition coefficient (Wildman–Crippen LogP) is -0.713. The fourth-order valence-corrected chi connectivity index (χ4v) is 0.362. The van der Waals surface area contributed by atoms with Crippen LogP contribution in [0.15, 0.2) is 0 Å². The maximum Gasteiger partial charge on any atom is 0.258 e. The van der Waals surface area contributed by atoms with Crippen LogP contribution in [0.2, 0.25) is 0 Å². The molecule has 3 N–H and O–H groups in total. The second kappa shape index (κ2) is 0.980. The number of hydrogen-bond donors (Lipinski definition) is 1. The SMILES string of the molecule is [NH]C(=O)C1(N)CC1. The number of nitrogens with one attached hydrogen (secondary N) is 1. The van der Waals surface area contributed by atoms with Gasteiger partial charge in [0.15, 0.2) is 0 Å². The van der Waals surface area contributed by atoms with Crippen molar-refractivity contribution in [2.45, 2.75) is 18.4 Å². The molecule has 0 bridgehead atoms. The van der Waals surface area contributed by atoms with Gasteiger partial charge in [0.25, 0.3) is 5.91 Å². The summed E-state index contributed by atoms with van der Waals surface area (Å²) >= 11 is 0. The van der Waals surface area contributed by atoms with Crippen molar-refractivity contribution in [3.05, 3.63) is 0 Å². The first kappa shape index (κ1) is 4.59. The standard InChI is InChI=1S/C4H7N2O/c5-3(7)4(6)1-2-4/h5H,1-2,6H2. The minimum Gasteiger partial charge on any atom is -0.317 e. The summed E-state index contributed by atoms with van der Waals surface area (Å²) in [6.07, 6.45) is 1.41. The van der Waals surface area contributed by atoms with Crippen LogP contribution in [-0.4, -0.2) is 11.4 Å². The zero-order valence-corrected chi connectivity index (χ0v) is 3.90. The predicted molar refractivity (Wildman–Crippen MR) is 24.3 cm³/mol. The van der Waals surface area contributed by atoms with Crippen molar-refractivity contribution in [2.24, 2.45) is 5.73 Å². The van der Waals surface area contributed by atoms with Crippen molar-refractivity contribution in [3.63, 3.8) is 0 Å². The molecule has 1 saturated carbocycles. The summed E-state index contributed by atoms with van der Waals surface area (Å²) in [5, 5.41) is 0. The Morgan fingerprint density at radius 1 is 1.71 bits per heavy atom. The highest BCUT2D eigenvalue weighted by Crippen LogP contribution is 2.31. The van der Waals surface area contributed by atoms with Crippen LogP contribution in [0.3, 0.4) is 0 Å². The number of carbonyl (C=O) groups is 1. The van der Waals surface area contributed by atoms with E-state index in [9.17, 15) is 4.79 Å². The zero-order chi connectivity index (χ0) is 5.49. The second-order valence-electron chi connectivity index (χ2n) is 1.99. The zero-order valence-electron chi connectivity index (χ0n) is 3.90. The molecule has 0 aliphatic heterocycles. The molecule has 3 heteroatoms. The van der Waals surface area contributed by atoms with Crippen LogP contribution in [0.25, 0.3) is 0 Å². The average Bonchev–Trinajstić information content (AvgIpc) is 2.21. The summed E-state index contributed by atoms with van der Waals surface area (Å²) < 4.78 is 0. The largest absolute Gasteiger partial charge is 0.317 e. The van der Waals surface area contributed by atoms with E-state index in [2.05, 4.69) is 0 Å². The monoisotopic (exact) mass is 99.1 g/mol. The Labute approximate surface area is 41.7 Å². The van der Waals surface area contributed by atoms with Crippen LogP contribution in [-0.2, 0) is 4.79 Å². The molecule has 1 fully saturated rings. The Balaban J connectivity index is 2.55. The first-order chi connectivity index (χ1) is 3.15. The molecule has 0 aromatic heterocycles. The van der Waals surface area contributed by atoms with Gasteiger partial charge in [0.1, 0.15) is 0 Å². The lowest BCUT2D eigenvalue weighted by Gasteiger charge is -1.95. The van der Waals surface area contributed by atoms with Gasteiger partial charge in [-0.15, -0.1) is 0 Å². The van der Waals surface area contributed by atoms with Crippen molar-refractivity contribution in [3.8, 4) is 0 Å². The number of nitrogens with two attached hydrogens (primary N) is 1. The highest BCUT2D eigenvalue weighted by atomic mass is 16.1. The van der Waals surface area contributed by atoms with E-state index in [-0.39, 0.29) is 0 Å². The molecule has 1 aliphatic rings. The van der Waals surface area contributed by atoms with E-state index in [1.807, 2.05) is 0 Å². The third kappa shape index (κ3) is 0.587. The molecule has 0 spiro atoms. The second-order valence-corrected chi connectivity index (χ2v) is 1.99. The highest BCUT2D eigenvalue weighted by Gasteiger charge is 2.44. The van der Waals surface area contributed by atoms with Crippen LogP contribution >= 0.6 is 0 Å². The van der Waals surface area contributed by atoms with Crippen molar-refractivity contribution < 1.29 is 4.79 Å². The topological polar surface area (TPSA) is 66.9 Å². The van der Waals surface area contributed by atoms with Crippen LogP contribution < -0.4 is 11.5 Å². The van der Waals surface area contributed by atoms with Gasteiger partial charge in [-0.05, 0) is 12.8 Å². The minimum absolute atomic E-state index is 0.618. The fourth-order valence-electron chi connectivity index (χ4n) is 0.362. The number of amides is 1. The van der Waals surface area contributed by atoms with E-state index in [0.717, 1.165) is 0 Å². The molecule has 1 aliphatic carbocycles. The summed E-state index contributed by atoms with van der Waals surface area (Å²) in [5.41, 5.74) is 11.1. The summed E-state index contributed by atoms with van der Waals surface area (Å²) in [5.74, 6) is -0.618. The van der Waals surface area contributed by atoms with E-state index in [4.69, 9.17) is 11.5 Å². The van der Waals surface area contributed by atoms with Crippen LogP contribution in [0.1, 0.15) is 12.8 Å². The first-order valence-electron chi connectivity index (χ1n) is 2.20. The van der Waals surface area contributed by atoms with Gasteiger partial charge in [-0.25, -0.2) is 0 Å². The molecule has 0 heterocycles. The molecule has 7 heavy (non-hydrogen) atoms. The molecule has 39 valence electrons. The smallest absolute Gasteiger partial charge is 0.258 e. The molecule has 0 atom stereocenters.